The molecule has 3 heterocycles. The molecule has 32 heavy (non-hydrogen) atoms. The lowest BCUT2D eigenvalue weighted by molar-refractivity contribution is 0.340. The van der Waals surface area contributed by atoms with E-state index in [0.29, 0.717) is 35.6 Å². The Morgan fingerprint density at radius 2 is 1.91 bits per heavy atom. The van der Waals surface area contributed by atoms with E-state index in [1.165, 1.54) is 6.20 Å². The van der Waals surface area contributed by atoms with E-state index in [1.807, 2.05) is 37.3 Å². The minimum absolute atomic E-state index is 0.0784. The number of fused-ring (bicyclic) bond motifs is 1. The molecule has 0 fully saturated rings. The maximum Gasteiger partial charge on any atom is 0.267 e. The largest absolute Gasteiger partial charge is 0.506 e. The lowest BCUT2D eigenvalue weighted by Gasteiger charge is -2.05. The molecule has 3 aromatic heterocycles. The van der Waals surface area contributed by atoms with Crippen molar-refractivity contribution >= 4 is 11.0 Å². The van der Waals surface area contributed by atoms with Crippen LogP contribution in [-0.2, 0) is 6.54 Å². The highest BCUT2D eigenvalue weighted by molar-refractivity contribution is 5.88. The predicted molar refractivity (Wildman–Crippen MR) is 117 cm³/mol. The molecular formula is C23H19N5O4. The fraction of sp³-hybridized carbons (Fsp3) is 0.130. The first kappa shape index (κ1) is 19.6. The van der Waals surface area contributed by atoms with Gasteiger partial charge in [-0.15, -0.1) is 0 Å². The number of aromatic hydroxyl groups is 1. The zero-order valence-electron chi connectivity index (χ0n) is 17.1. The number of benzene rings is 2. The molecule has 0 amide bonds. The van der Waals surface area contributed by atoms with E-state index >= 15 is 0 Å². The standard InChI is InChI=1S/C23H19N5O4/c1-2-31-16-10-8-15(9-11-16)20-25-23(32-27-20)18-19(29)17-12-24-28(21(17)26-22(18)30)13-14-6-4-3-5-7-14/h3-12H,2,13H2,1H3,(H2,26,29,30). The minimum Gasteiger partial charge on any atom is -0.506 e. The maximum absolute atomic E-state index is 12.8. The summed E-state index contributed by atoms with van der Waals surface area (Å²) in [5, 5.41) is 19.5. The number of pyridine rings is 1. The molecule has 5 rings (SSSR count). The molecule has 0 radical (unpaired) electrons. The van der Waals surface area contributed by atoms with Crippen LogP contribution in [0, 0.1) is 0 Å². The molecule has 0 aliphatic rings. The summed E-state index contributed by atoms with van der Waals surface area (Å²) in [5.41, 5.74) is 1.47. The number of aromatic amines is 1. The van der Waals surface area contributed by atoms with Gasteiger partial charge >= 0.3 is 0 Å². The highest BCUT2D eigenvalue weighted by Crippen LogP contribution is 2.32. The van der Waals surface area contributed by atoms with Crippen LogP contribution in [0.5, 0.6) is 11.5 Å². The number of ether oxygens (including phenoxy) is 1. The van der Waals surface area contributed by atoms with Crippen LogP contribution in [0.3, 0.4) is 0 Å². The molecule has 0 bridgehead atoms. The van der Waals surface area contributed by atoms with Gasteiger partial charge in [0.2, 0.25) is 5.82 Å². The molecule has 0 unspecified atom stereocenters. The average molecular weight is 429 g/mol. The van der Waals surface area contributed by atoms with Gasteiger partial charge in [0, 0.05) is 5.56 Å². The van der Waals surface area contributed by atoms with Crippen molar-refractivity contribution in [1.82, 2.24) is 24.9 Å². The van der Waals surface area contributed by atoms with Crippen molar-refractivity contribution in [2.75, 3.05) is 6.61 Å². The number of hydrogen-bond acceptors (Lipinski definition) is 7. The van der Waals surface area contributed by atoms with E-state index in [2.05, 4.69) is 20.2 Å². The summed E-state index contributed by atoms with van der Waals surface area (Å²) in [4.78, 5) is 19.9. The van der Waals surface area contributed by atoms with Crippen LogP contribution < -0.4 is 10.3 Å². The molecule has 0 saturated heterocycles. The Morgan fingerprint density at radius 1 is 1.12 bits per heavy atom. The monoisotopic (exact) mass is 429 g/mol. The average Bonchev–Trinajstić information content (AvgIpc) is 3.43. The van der Waals surface area contributed by atoms with E-state index in [0.717, 1.165) is 11.3 Å². The summed E-state index contributed by atoms with van der Waals surface area (Å²) in [6, 6.07) is 16.9. The summed E-state index contributed by atoms with van der Waals surface area (Å²) >= 11 is 0. The summed E-state index contributed by atoms with van der Waals surface area (Å²) in [7, 11) is 0. The lowest BCUT2D eigenvalue weighted by Crippen LogP contribution is -2.12. The van der Waals surface area contributed by atoms with Crippen molar-refractivity contribution in [2.24, 2.45) is 0 Å². The number of hydrogen-bond donors (Lipinski definition) is 2. The second kappa shape index (κ2) is 8.03. The molecule has 2 N–H and O–H groups in total. The van der Waals surface area contributed by atoms with Crippen molar-refractivity contribution in [3.8, 4) is 34.3 Å². The van der Waals surface area contributed by atoms with Crippen molar-refractivity contribution in [2.45, 2.75) is 13.5 Å². The van der Waals surface area contributed by atoms with Gasteiger partial charge in [-0.25, -0.2) is 4.68 Å². The summed E-state index contributed by atoms with van der Waals surface area (Å²) in [5.74, 6) is 0.684. The Morgan fingerprint density at radius 3 is 2.66 bits per heavy atom. The first-order chi connectivity index (χ1) is 15.6. The smallest absolute Gasteiger partial charge is 0.267 e. The number of nitrogens with zero attached hydrogens (tertiary/aromatic N) is 4. The number of nitrogens with one attached hydrogen (secondary N) is 1. The Hall–Kier alpha value is -4.40. The van der Waals surface area contributed by atoms with Crippen LogP contribution in [0.25, 0.3) is 33.9 Å². The number of H-pyrrole nitrogens is 1. The molecule has 9 nitrogen and oxygen atoms in total. The van der Waals surface area contributed by atoms with E-state index in [-0.39, 0.29) is 17.2 Å². The molecule has 9 heteroatoms. The summed E-state index contributed by atoms with van der Waals surface area (Å²) in [6.07, 6.45) is 1.50. The van der Waals surface area contributed by atoms with E-state index in [4.69, 9.17) is 9.26 Å². The summed E-state index contributed by atoms with van der Waals surface area (Å²) in [6.45, 7) is 2.92. The van der Waals surface area contributed by atoms with Crippen molar-refractivity contribution in [3.05, 3.63) is 76.7 Å². The maximum atomic E-state index is 12.8. The van der Waals surface area contributed by atoms with Crippen LogP contribution in [0.1, 0.15) is 12.5 Å². The molecule has 160 valence electrons. The number of aromatic nitrogens is 5. The zero-order valence-corrected chi connectivity index (χ0v) is 17.1. The lowest BCUT2D eigenvalue weighted by atomic mass is 10.2. The quantitative estimate of drug-likeness (QED) is 0.423. The molecular weight excluding hydrogens is 410 g/mol. The second-order valence-corrected chi connectivity index (χ2v) is 7.11. The normalized spacial score (nSPS) is 11.2. The zero-order chi connectivity index (χ0) is 22.1. The first-order valence-electron chi connectivity index (χ1n) is 10.1. The van der Waals surface area contributed by atoms with E-state index < -0.39 is 5.56 Å². The van der Waals surface area contributed by atoms with Crippen LogP contribution >= 0.6 is 0 Å². The van der Waals surface area contributed by atoms with Gasteiger partial charge in [0.25, 0.3) is 11.4 Å². The Balaban J connectivity index is 1.50. The van der Waals surface area contributed by atoms with Crippen LogP contribution in [0.2, 0.25) is 0 Å². The van der Waals surface area contributed by atoms with Gasteiger partial charge in [0.15, 0.2) is 0 Å². The molecule has 0 atom stereocenters. The fourth-order valence-corrected chi connectivity index (χ4v) is 3.49. The van der Waals surface area contributed by atoms with Crippen molar-refractivity contribution < 1.29 is 14.4 Å². The SMILES string of the molecule is CCOc1ccc(-c2noc(-c3c(O)c4cnn(Cc5ccccc5)c4[nH]c3=O)n2)cc1. The predicted octanol–water partition coefficient (Wildman–Crippen LogP) is 3.59. The Kier molecular flexibility index (Phi) is 4.91. The van der Waals surface area contributed by atoms with Gasteiger partial charge in [-0.1, -0.05) is 35.5 Å². The molecule has 0 spiro atoms. The van der Waals surface area contributed by atoms with Gasteiger partial charge in [0.05, 0.1) is 24.7 Å². The second-order valence-electron chi connectivity index (χ2n) is 7.11. The van der Waals surface area contributed by atoms with Crippen LogP contribution in [-0.4, -0.2) is 36.6 Å². The van der Waals surface area contributed by atoms with Crippen molar-refractivity contribution in [3.63, 3.8) is 0 Å². The fourth-order valence-electron chi connectivity index (χ4n) is 3.49. The molecule has 0 aliphatic heterocycles. The molecule has 2 aromatic carbocycles. The topological polar surface area (TPSA) is 119 Å². The van der Waals surface area contributed by atoms with Gasteiger partial charge in [0.1, 0.15) is 22.7 Å². The number of rotatable bonds is 6. The molecule has 0 saturated carbocycles. The summed E-state index contributed by atoms with van der Waals surface area (Å²) < 4.78 is 12.3. The molecule has 5 aromatic rings. The van der Waals surface area contributed by atoms with Gasteiger partial charge in [-0.3, -0.25) is 4.79 Å². The van der Waals surface area contributed by atoms with Crippen molar-refractivity contribution in [1.29, 1.82) is 0 Å². The minimum atomic E-state index is -0.549. The van der Waals surface area contributed by atoms with Gasteiger partial charge < -0.3 is 19.4 Å². The van der Waals surface area contributed by atoms with E-state index in [9.17, 15) is 9.90 Å². The van der Waals surface area contributed by atoms with Gasteiger partial charge in [-0.2, -0.15) is 10.1 Å². The van der Waals surface area contributed by atoms with Crippen LogP contribution in [0.4, 0.5) is 0 Å². The first-order valence-corrected chi connectivity index (χ1v) is 10.1. The van der Waals surface area contributed by atoms with E-state index in [1.54, 1.807) is 28.9 Å². The highest BCUT2D eigenvalue weighted by atomic mass is 16.5. The van der Waals surface area contributed by atoms with Gasteiger partial charge in [-0.05, 0) is 36.8 Å². The third-order valence-electron chi connectivity index (χ3n) is 5.03. The van der Waals surface area contributed by atoms with Crippen LogP contribution in [0.15, 0.2) is 70.1 Å². The third-order valence-corrected chi connectivity index (χ3v) is 5.03. The third kappa shape index (κ3) is 3.49. The Bertz CT molecular complexity index is 1440. The Labute approximate surface area is 181 Å². The highest BCUT2D eigenvalue weighted by Gasteiger charge is 2.22. The molecule has 0 aliphatic carbocycles.